The van der Waals surface area contributed by atoms with E-state index in [1.807, 2.05) is 30.3 Å². The van der Waals surface area contributed by atoms with Crippen molar-refractivity contribution in [2.75, 3.05) is 10.6 Å². The van der Waals surface area contributed by atoms with Crippen molar-refractivity contribution >= 4 is 28.2 Å². The predicted molar refractivity (Wildman–Crippen MR) is 88.3 cm³/mol. The van der Waals surface area contributed by atoms with Crippen molar-refractivity contribution in [1.29, 1.82) is 0 Å². The van der Waals surface area contributed by atoms with Crippen molar-refractivity contribution in [2.45, 2.75) is 0 Å². The first-order valence-electron chi connectivity index (χ1n) is 6.59. The number of benzene rings is 2. The van der Waals surface area contributed by atoms with Crippen LogP contribution in [-0.4, -0.2) is 16.1 Å². The molecule has 3 rings (SSSR count). The number of aromatic nitrogens is 1. The number of carbonyl (C=O) groups is 1. The molecule has 2 amide bonds. The number of hydrogen-bond acceptors (Lipinski definition) is 4. The van der Waals surface area contributed by atoms with E-state index in [4.69, 9.17) is 0 Å². The van der Waals surface area contributed by atoms with Gasteiger partial charge >= 0.3 is 6.03 Å². The molecular weight excluding hydrogens is 298 g/mol. The number of rotatable bonds is 3. The fourth-order valence-corrected chi connectivity index (χ4v) is 2.73. The minimum atomic E-state index is -0.403. The molecule has 0 unspecified atom stereocenters. The average Bonchev–Trinajstić information content (AvgIpc) is 2.96. The summed E-state index contributed by atoms with van der Waals surface area (Å²) in [6, 6.07) is 15.8. The molecule has 0 saturated carbocycles. The first-order valence-corrected chi connectivity index (χ1v) is 7.41. The quantitative estimate of drug-likeness (QED) is 0.680. The molecule has 110 valence electrons. The van der Waals surface area contributed by atoms with Crippen LogP contribution in [0.3, 0.4) is 0 Å². The number of carbonyl (C=O) groups excluding carboxylic acids is 1. The van der Waals surface area contributed by atoms with E-state index in [2.05, 4.69) is 15.6 Å². The van der Waals surface area contributed by atoms with Crippen LogP contribution in [0.4, 0.5) is 15.6 Å². The van der Waals surface area contributed by atoms with Gasteiger partial charge in [-0.1, -0.05) is 47.7 Å². The van der Waals surface area contributed by atoms with Gasteiger partial charge in [0.15, 0.2) is 5.13 Å². The zero-order chi connectivity index (χ0) is 15.4. The summed E-state index contributed by atoms with van der Waals surface area (Å²) < 4.78 is 0. The van der Waals surface area contributed by atoms with E-state index in [-0.39, 0.29) is 5.75 Å². The summed E-state index contributed by atoms with van der Waals surface area (Å²) in [5, 5.41) is 15.2. The second-order valence-corrected chi connectivity index (χ2v) is 5.56. The van der Waals surface area contributed by atoms with Gasteiger partial charge in [0.25, 0.3) is 0 Å². The smallest absolute Gasteiger partial charge is 0.325 e. The summed E-state index contributed by atoms with van der Waals surface area (Å²) in [6.45, 7) is 0. The lowest BCUT2D eigenvalue weighted by Crippen LogP contribution is -2.19. The summed E-state index contributed by atoms with van der Waals surface area (Å²) >= 11 is 1.40. The van der Waals surface area contributed by atoms with Gasteiger partial charge in [-0.05, 0) is 17.7 Å². The van der Waals surface area contributed by atoms with Gasteiger partial charge in [-0.2, -0.15) is 0 Å². The second kappa shape index (κ2) is 6.28. The van der Waals surface area contributed by atoms with Crippen molar-refractivity contribution < 1.29 is 9.90 Å². The van der Waals surface area contributed by atoms with E-state index in [9.17, 15) is 9.90 Å². The van der Waals surface area contributed by atoms with Gasteiger partial charge in [0.2, 0.25) is 0 Å². The van der Waals surface area contributed by atoms with Gasteiger partial charge in [0, 0.05) is 18.0 Å². The standard InChI is InChI=1S/C16H13N3O2S/c20-13-8-4-7-12(9-13)18-15(21)19-16-17-10-14(22-16)11-5-2-1-3-6-11/h1-10,20H,(H2,17,18,19,21). The van der Waals surface area contributed by atoms with Gasteiger partial charge in [-0.15, -0.1) is 0 Å². The van der Waals surface area contributed by atoms with Crippen LogP contribution < -0.4 is 10.6 Å². The maximum absolute atomic E-state index is 11.9. The van der Waals surface area contributed by atoms with Crippen LogP contribution in [0.15, 0.2) is 60.8 Å². The van der Waals surface area contributed by atoms with E-state index in [1.54, 1.807) is 18.3 Å². The van der Waals surface area contributed by atoms with Crippen LogP contribution in [0.1, 0.15) is 0 Å². The molecule has 0 fully saturated rings. The summed E-state index contributed by atoms with van der Waals surface area (Å²) in [7, 11) is 0. The molecule has 0 spiro atoms. The number of anilines is 2. The number of aromatic hydroxyl groups is 1. The van der Waals surface area contributed by atoms with Crippen molar-refractivity contribution in [3.8, 4) is 16.2 Å². The van der Waals surface area contributed by atoms with Crippen LogP contribution >= 0.6 is 11.3 Å². The number of nitrogens with one attached hydrogen (secondary N) is 2. The third kappa shape index (κ3) is 3.42. The van der Waals surface area contributed by atoms with E-state index >= 15 is 0 Å². The maximum atomic E-state index is 11.9. The summed E-state index contributed by atoms with van der Waals surface area (Å²) in [6.07, 6.45) is 1.73. The molecule has 5 nitrogen and oxygen atoms in total. The Labute approximate surface area is 131 Å². The normalized spacial score (nSPS) is 10.2. The van der Waals surface area contributed by atoms with Crippen molar-refractivity contribution in [3.63, 3.8) is 0 Å². The molecule has 6 heteroatoms. The molecular formula is C16H13N3O2S. The van der Waals surface area contributed by atoms with E-state index in [0.717, 1.165) is 10.4 Å². The van der Waals surface area contributed by atoms with Gasteiger partial charge in [-0.3, -0.25) is 5.32 Å². The highest BCUT2D eigenvalue weighted by Gasteiger charge is 2.08. The molecule has 0 aliphatic carbocycles. The summed E-state index contributed by atoms with van der Waals surface area (Å²) in [5.74, 6) is 0.0958. The Morgan fingerprint density at radius 1 is 1.05 bits per heavy atom. The Kier molecular flexibility index (Phi) is 4.02. The molecule has 22 heavy (non-hydrogen) atoms. The van der Waals surface area contributed by atoms with Crippen LogP contribution in [0.25, 0.3) is 10.4 Å². The zero-order valence-corrected chi connectivity index (χ0v) is 12.3. The lowest BCUT2D eigenvalue weighted by atomic mass is 10.2. The Morgan fingerprint density at radius 3 is 2.64 bits per heavy atom. The largest absolute Gasteiger partial charge is 0.508 e. The fraction of sp³-hybridized carbons (Fsp3) is 0. The molecule has 0 aliphatic rings. The van der Waals surface area contributed by atoms with Gasteiger partial charge in [0.1, 0.15) is 5.75 Å². The lowest BCUT2D eigenvalue weighted by Gasteiger charge is -2.05. The summed E-state index contributed by atoms with van der Waals surface area (Å²) in [5.41, 5.74) is 1.57. The van der Waals surface area contributed by atoms with Gasteiger partial charge < -0.3 is 10.4 Å². The third-order valence-corrected chi connectivity index (χ3v) is 3.85. The lowest BCUT2D eigenvalue weighted by molar-refractivity contribution is 0.262. The molecule has 3 aromatic rings. The molecule has 0 aliphatic heterocycles. The fourth-order valence-electron chi connectivity index (χ4n) is 1.91. The molecule has 0 radical (unpaired) electrons. The van der Waals surface area contributed by atoms with Crippen LogP contribution in [-0.2, 0) is 0 Å². The van der Waals surface area contributed by atoms with Gasteiger partial charge in [-0.25, -0.2) is 9.78 Å². The number of phenols is 1. The Hall–Kier alpha value is -2.86. The summed E-state index contributed by atoms with van der Waals surface area (Å²) in [4.78, 5) is 17.1. The zero-order valence-electron chi connectivity index (χ0n) is 11.5. The van der Waals surface area contributed by atoms with E-state index in [1.165, 1.54) is 23.5 Å². The van der Waals surface area contributed by atoms with Gasteiger partial charge in [0.05, 0.1) is 4.88 Å². The van der Waals surface area contributed by atoms with Crippen molar-refractivity contribution in [1.82, 2.24) is 4.98 Å². The second-order valence-electron chi connectivity index (χ2n) is 4.53. The number of amides is 2. The minimum absolute atomic E-state index is 0.0958. The number of phenolic OH excluding ortho intramolecular Hbond substituents is 1. The van der Waals surface area contributed by atoms with E-state index in [0.29, 0.717) is 10.8 Å². The molecule has 0 bridgehead atoms. The topological polar surface area (TPSA) is 74.2 Å². The molecule has 0 atom stereocenters. The Balaban J connectivity index is 1.66. The molecule has 2 aromatic carbocycles. The minimum Gasteiger partial charge on any atom is -0.508 e. The number of urea groups is 1. The Morgan fingerprint density at radius 2 is 1.86 bits per heavy atom. The molecule has 3 N–H and O–H groups in total. The van der Waals surface area contributed by atoms with Crippen molar-refractivity contribution in [3.05, 3.63) is 60.8 Å². The molecule has 1 aromatic heterocycles. The average molecular weight is 311 g/mol. The van der Waals surface area contributed by atoms with E-state index < -0.39 is 6.03 Å². The third-order valence-electron chi connectivity index (χ3n) is 2.89. The highest BCUT2D eigenvalue weighted by molar-refractivity contribution is 7.19. The maximum Gasteiger partial charge on any atom is 0.325 e. The first kappa shape index (κ1) is 14.1. The number of thiazole rings is 1. The highest BCUT2D eigenvalue weighted by atomic mass is 32.1. The first-order chi connectivity index (χ1) is 10.7. The van der Waals surface area contributed by atoms with Crippen LogP contribution in [0, 0.1) is 0 Å². The van der Waals surface area contributed by atoms with Crippen LogP contribution in [0.2, 0.25) is 0 Å². The van der Waals surface area contributed by atoms with Crippen LogP contribution in [0.5, 0.6) is 5.75 Å². The predicted octanol–water partition coefficient (Wildman–Crippen LogP) is 4.16. The number of hydrogen-bond donors (Lipinski definition) is 3. The molecule has 1 heterocycles. The molecule has 0 saturated heterocycles. The highest BCUT2D eigenvalue weighted by Crippen LogP contribution is 2.28. The monoisotopic (exact) mass is 311 g/mol. The number of nitrogens with zero attached hydrogens (tertiary/aromatic N) is 1. The Bertz CT molecular complexity index is 787. The van der Waals surface area contributed by atoms with Crippen molar-refractivity contribution in [2.24, 2.45) is 0 Å². The SMILES string of the molecule is O=C(Nc1cccc(O)c1)Nc1ncc(-c2ccccc2)s1.